The van der Waals surface area contributed by atoms with Gasteiger partial charge in [0.25, 0.3) is 0 Å². The Balaban J connectivity index is 1.91. The Labute approximate surface area is 130 Å². The van der Waals surface area contributed by atoms with Crippen LogP contribution >= 0.6 is 15.9 Å². The van der Waals surface area contributed by atoms with Gasteiger partial charge < -0.3 is 4.74 Å². The molecule has 0 fully saturated rings. The van der Waals surface area contributed by atoms with Crippen LogP contribution in [0, 0.1) is 6.92 Å². The first-order valence-electron chi connectivity index (χ1n) is 7.00. The number of hydrogen-bond donors (Lipinski definition) is 0. The fourth-order valence-electron chi connectivity index (χ4n) is 2.40. The van der Waals surface area contributed by atoms with Gasteiger partial charge in [-0.25, -0.2) is 0 Å². The van der Waals surface area contributed by atoms with Crippen molar-refractivity contribution in [1.82, 2.24) is 0 Å². The molecular formula is C18H21BrO. The van der Waals surface area contributed by atoms with E-state index < -0.39 is 0 Å². The molecule has 106 valence electrons. The molecule has 0 saturated carbocycles. The minimum atomic E-state index is 0.472. The highest BCUT2D eigenvalue weighted by Crippen LogP contribution is 2.23. The van der Waals surface area contributed by atoms with Crippen molar-refractivity contribution in [1.29, 1.82) is 0 Å². The Morgan fingerprint density at radius 1 is 1.10 bits per heavy atom. The van der Waals surface area contributed by atoms with Gasteiger partial charge in [-0.3, -0.25) is 0 Å². The maximum absolute atomic E-state index is 5.40. The molecule has 0 bridgehead atoms. The van der Waals surface area contributed by atoms with E-state index >= 15 is 0 Å². The molecule has 0 N–H and O–H groups in total. The molecule has 20 heavy (non-hydrogen) atoms. The summed E-state index contributed by atoms with van der Waals surface area (Å²) in [5.41, 5.74) is 4.01. The standard InChI is InChI=1S/C18H21BrO/c1-14-6-5-7-15(12-14)10-11-17(19)13-16-8-3-4-9-18(16)20-2/h3-9,12,17H,10-11,13H2,1-2H3. The van der Waals surface area contributed by atoms with E-state index in [9.17, 15) is 0 Å². The largest absolute Gasteiger partial charge is 0.496 e. The maximum atomic E-state index is 5.40. The van der Waals surface area contributed by atoms with Crippen LogP contribution in [0.2, 0.25) is 0 Å². The van der Waals surface area contributed by atoms with Crippen LogP contribution in [0.3, 0.4) is 0 Å². The van der Waals surface area contributed by atoms with Gasteiger partial charge in [-0.1, -0.05) is 64.0 Å². The first-order valence-corrected chi connectivity index (χ1v) is 7.92. The molecule has 2 heteroatoms. The smallest absolute Gasteiger partial charge is 0.122 e. The monoisotopic (exact) mass is 332 g/mol. The summed E-state index contributed by atoms with van der Waals surface area (Å²) in [6.07, 6.45) is 3.23. The highest BCUT2D eigenvalue weighted by molar-refractivity contribution is 9.09. The lowest BCUT2D eigenvalue weighted by Gasteiger charge is -2.13. The van der Waals surface area contributed by atoms with Crippen molar-refractivity contribution in [2.24, 2.45) is 0 Å². The quantitative estimate of drug-likeness (QED) is 0.680. The number of halogens is 1. The van der Waals surface area contributed by atoms with Crippen LogP contribution in [-0.4, -0.2) is 11.9 Å². The Morgan fingerprint density at radius 2 is 1.90 bits per heavy atom. The zero-order valence-electron chi connectivity index (χ0n) is 12.1. The minimum absolute atomic E-state index is 0.472. The summed E-state index contributed by atoms with van der Waals surface area (Å²) in [6, 6.07) is 17.0. The zero-order chi connectivity index (χ0) is 14.4. The van der Waals surface area contributed by atoms with E-state index in [0.717, 1.165) is 25.0 Å². The molecule has 2 aromatic rings. The minimum Gasteiger partial charge on any atom is -0.496 e. The number of ether oxygens (including phenoxy) is 1. The van der Waals surface area contributed by atoms with Crippen LogP contribution in [-0.2, 0) is 12.8 Å². The van der Waals surface area contributed by atoms with Gasteiger partial charge in [-0.05, 0) is 43.4 Å². The normalized spacial score (nSPS) is 12.2. The molecule has 0 saturated heterocycles. The lowest BCUT2D eigenvalue weighted by atomic mass is 10.0. The van der Waals surface area contributed by atoms with E-state index in [1.54, 1.807) is 7.11 Å². The molecule has 0 aliphatic rings. The second-order valence-corrected chi connectivity index (χ2v) is 6.44. The zero-order valence-corrected chi connectivity index (χ0v) is 13.7. The molecule has 2 aromatic carbocycles. The first kappa shape index (κ1) is 15.1. The topological polar surface area (TPSA) is 9.23 Å². The molecule has 0 amide bonds. The van der Waals surface area contributed by atoms with Gasteiger partial charge in [0, 0.05) is 4.83 Å². The highest BCUT2D eigenvalue weighted by Gasteiger charge is 2.09. The maximum Gasteiger partial charge on any atom is 0.122 e. The van der Waals surface area contributed by atoms with Gasteiger partial charge in [-0.15, -0.1) is 0 Å². The van der Waals surface area contributed by atoms with Crippen molar-refractivity contribution in [2.75, 3.05) is 7.11 Å². The van der Waals surface area contributed by atoms with Crippen molar-refractivity contribution >= 4 is 15.9 Å². The number of hydrogen-bond acceptors (Lipinski definition) is 1. The van der Waals surface area contributed by atoms with Crippen molar-refractivity contribution < 1.29 is 4.74 Å². The lowest BCUT2D eigenvalue weighted by Crippen LogP contribution is -2.06. The van der Waals surface area contributed by atoms with Crippen molar-refractivity contribution in [3.8, 4) is 5.75 Å². The Kier molecular flexibility index (Phi) is 5.66. The van der Waals surface area contributed by atoms with Gasteiger partial charge in [0.15, 0.2) is 0 Å². The number of methoxy groups -OCH3 is 1. The number of benzene rings is 2. The fourth-order valence-corrected chi connectivity index (χ4v) is 2.98. The summed E-state index contributed by atoms with van der Waals surface area (Å²) in [5.74, 6) is 0.979. The molecule has 2 rings (SSSR count). The Morgan fingerprint density at radius 3 is 2.65 bits per heavy atom. The van der Waals surface area contributed by atoms with E-state index in [2.05, 4.69) is 59.3 Å². The third-order valence-corrected chi connectivity index (χ3v) is 4.24. The van der Waals surface area contributed by atoms with Crippen LogP contribution in [0.5, 0.6) is 5.75 Å². The molecule has 1 nitrogen and oxygen atoms in total. The van der Waals surface area contributed by atoms with Crippen molar-refractivity contribution in [2.45, 2.75) is 31.0 Å². The number of alkyl halides is 1. The molecule has 0 aliphatic carbocycles. The summed E-state index contributed by atoms with van der Waals surface area (Å²) in [5, 5.41) is 0. The summed E-state index contributed by atoms with van der Waals surface area (Å²) in [4.78, 5) is 0.472. The Hall–Kier alpha value is -1.28. The third kappa shape index (κ3) is 4.38. The molecular weight excluding hydrogens is 312 g/mol. The van der Waals surface area contributed by atoms with Crippen molar-refractivity contribution in [3.05, 3.63) is 65.2 Å². The second-order valence-electron chi connectivity index (χ2n) is 5.14. The third-order valence-electron chi connectivity index (χ3n) is 3.46. The van der Waals surface area contributed by atoms with Crippen LogP contribution < -0.4 is 4.74 Å². The van der Waals surface area contributed by atoms with Crippen molar-refractivity contribution in [3.63, 3.8) is 0 Å². The van der Waals surface area contributed by atoms with Gasteiger partial charge >= 0.3 is 0 Å². The summed E-state index contributed by atoms with van der Waals surface area (Å²) in [6.45, 7) is 2.14. The predicted octanol–water partition coefficient (Wildman–Crippen LogP) is 4.94. The number of aryl methyl sites for hydroxylation is 2. The van der Waals surface area contributed by atoms with Gasteiger partial charge in [-0.2, -0.15) is 0 Å². The van der Waals surface area contributed by atoms with E-state index in [4.69, 9.17) is 4.74 Å². The molecule has 1 atom stereocenters. The van der Waals surface area contributed by atoms with E-state index in [0.29, 0.717) is 4.83 Å². The van der Waals surface area contributed by atoms with Crippen LogP contribution in [0.4, 0.5) is 0 Å². The molecule has 0 aliphatic heterocycles. The summed E-state index contributed by atoms with van der Waals surface area (Å²) < 4.78 is 5.40. The number of rotatable bonds is 6. The number of para-hydroxylation sites is 1. The highest BCUT2D eigenvalue weighted by atomic mass is 79.9. The van der Waals surface area contributed by atoms with Gasteiger partial charge in [0.05, 0.1) is 7.11 Å². The summed E-state index contributed by atoms with van der Waals surface area (Å²) in [7, 11) is 1.73. The van der Waals surface area contributed by atoms with Crippen LogP contribution in [0.25, 0.3) is 0 Å². The van der Waals surface area contributed by atoms with E-state index in [-0.39, 0.29) is 0 Å². The van der Waals surface area contributed by atoms with Gasteiger partial charge in [0.2, 0.25) is 0 Å². The van der Waals surface area contributed by atoms with E-state index in [1.165, 1.54) is 16.7 Å². The summed E-state index contributed by atoms with van der Waals surface area (Å²) >= 11 is 3.80. The fraction of sp³-hybridized carbons (Fsp3) is 0.333. The lowest BCUT2D eigenvalue weighted by molar-refractivity contribution is 0.409. The second kappa shape index (κ2) is 7.49. The first-order chi connectivity index (χ1) is 9.69. The van der Waals surface area contributed by atoms with Crippen LogP contribution in [0.15, 0.2) is 48.5 Å². The average molecular weight is 333 g/mol. The van der Waals surface area contributed by atoms with E-state index in [1.807, 2.05) is 12.1 Å². The molecule has 0 spiro atoms. The Bertz CT molecular complexity index is 551. The molecule has 0 heterocycles. The molecule has 0 aromatic heterocycles. The van der Waals surface area contributed by atoms with Crippen LogP contribution in [0.1, 0.15) is 23.1 Å². The molecule has 0 radical (unpaired) electrons. The van der Waals surface area contributed by atoms with Gasteiger partial charge in [0.1, 0.15) is 5.75 Å². The average Bonchev–Trinajstić information content (AvgIpc) is 2.46. The molecule has 1 unspecified atom stereocenters. The predicted molar refractivity (Wildman–Crippen MR) is 88.9 cm³/mol. The SMILES string of the molecule is COc1ccccc1CC(Br)CCc1cccc(C)c1.